The van der Waals surface area contributed by atoms with Gasteiger partial charge in [0.15, 0.2) is 0 Å². The zero-order chi connectivity index (χ0) is 20.6. The molecule has 5 nitrogen and oxygen atoms in total. The van der Waals surface area contributed by atoms with Crippen molar-refractivity contribution in [1.82, 2.24) is 9.80 Å². The van der Waals surface area contributed by atoms with Crippen molar-refractivity contribution in [2.75, 3.05) is 50.7 Å². The van der Waals surface area contributed by atoms with E-state index in [2.05, 4.69) is 63.5 Å². The van der Waals surface area contributed by atoms with Gasteiger partial charge in [-0.2, -0.15) is 0 Å². The molecule has 2 fully saturated rings. The van der Waals surface area contributed by atoms with Crippen molar-refractivity contribution in [3.63, 3.8) is 0 Å². The first-order chi connectivity index (χ1) is 14.1. The topological polar surface area (TPSA) is 42.3 Å². The van der Waals surface area contributed by atoms with Crippen molar-refractivity contribution < 1.29 is 5.11 Å². The Morgan fingerprint density at radius 2 is 1.66 bits per heavy atom. The van der Waals surface area contributed by atoms with E-state index >= 15 is 0 Å². The number of benzene rings is 1. The third-order valence-corrected chi connectivity index (χ3v) is 5.83. The van der Waals surface area contributed by atoms with Crippen LogP contribution in [0, 0.1) is 0 Å². The number of nitrogens with zero attached hydrogens (tertiary/aromatic N) is 4. The molecule has 0 saturated carbocycles. The number of anilines is 1. The monoisotopic (exact) mass is 394 g/mol. The molecule has 5 heteroatoms. The number of allylic oxidation sites excluding steroid dienone is 3. The van der Waals surface area contributed by atoms with Gasteiger partial charge in [0, 0.05) is 50.3 Å². The predicted octanol–water partition coefficient (Wildman–Crippen LogP) is 4.31. The van der Waals surface area contributed by atoms with Gasteiger partial charge in [0.25, 0.3) is 0 Å². The van der Waals surface area contributed by atoms with Gasteiger partial charge in [0.1, 0.15) is 0 Å². The van der Waals surface area contributed by atoms with Gasteiger partial charge < -0.3 is 14.9 Å². The molecule has 29 heavy (non-hydrogen) atoms. The van der Waals surface area contributed by atoms with E-state index in [9.17, 15) is 5.11 Å². The fourth-order valence-electron chi connectivity index (χ4n) is 4.12. The molecule has 0 amide bonds. The summed E-state index contributed by atoms with van der Waals surface area (Å²) in [5.74, 6) is -0.177. The number of rotatable bonds is 7. The molecule has 0 spiro atoms. The molecular formula is C24H34N4O. The highest BCUT2D eigenvalue weighted by Crippen LogP contribution is 2.22. The van der Waals surface area contributed by atoms with Gasteiger partial charge in [-0.3, -0.25) is 4.90 Å². The molecule has 1 aromatic carbocycles. The van der Waals surface area contributed by atoms with Gasteiger partial charge in [0.2, 0.25) is 5.88 Å². The summed E-state index contributed by atoms with van der Waals surface area (Å²) in [5.41, 5.74) is 4.79. The van der Waals surface area contributed by atoms with E-state index in [1.807, 2.05) is 13.0 Å². The lowest BCUT2D eigenvalue weighted by molar-refractivity contribution is 0.269. The minimum atomic E-state index is -0.177. The number of aliphatic hydroxyl groups is 1. The molecule has 0 bridgehead atoms. The summed E-state index contributed by atoms with van der Waals surface area (Å²) >= 11 is 0. The number of aliphatic hydroxyl groups excluding tert-OH is 1. The average Bonchev–Trinajstić information content (AvgIpc) is 3.26. The highest BCUT2D eigenvalue weighted by atomic mass is 16.3. The summed E-state index contributed by atoms with van der Waals surface area (Å²) < 4.78 is 0. The minimum Gasteiger partial charge on any atom is -0.494 e. The van der Waals surface area contributed by atoms with Gasteiger partial charge in [-0.1, -0.05) is 24.3 Å². The molecule has 1 aromatic rings. The standard InChI is InChI=1S/C24H34N4O/c1-4-21(18-25-20(3)29)22-8-10-24(11-9-22)28-16-14-27(15-17-28)23(5-2)19-26-12-6-7-13-26/h4-5,8-11,18,29H,3,6-7,12-17,19H2,1-2H3/b21-4+,23-5?,25-18-. The number of aliphatic imine (C=N–C) groups is 1. The first kappa shape index (κ1) is 21.2. The molecule has 0 aromatic heterocycles. The average molecular weight is 395 g/mol. The van der Waals surface area contributed by atoms with Crippen LogP contribution in [-0.2, 0) is 0 Å². The van der Waals surface area contributed by atoms with Crippen molar-refractivity contribution in [2.45, 2.75) is 26.7 Å². The highest BCUT2D eigenvalue weighted by molar-refractivity contribution is 6.10. The van der Waals surface area contributed by atoms with Gasteiger partial charge in [-0.05, 0) is 69.6 Å². The summed E-state index contributed by atoms with van der Waals surface area (Å²) in [5, 5.41) is 9.18. The lowest BCUT2D eigenvalue weighted by Crippen LogP contribution is -2.47. The number of hydrogen-bond acceptors (Lipinski definition) is 5. The zero-order valence-corrected chi connectivity index (χ0v) is 17.8. The third-order valence-electron chi connectivity index (χ3n) is 5.83. The SMILES string of the molecule is C=C(O)/N=C\C(=C/C)c1ccc(N2CCN(C(=CC)CN3CCCC3)CC2)cc1. The van der Waals surface area contributed by atoms with Crippen LogP contribution in [0.25, 0.3) is 5.57 Å². The second-order valence-electron chi connectivity index (χ2n) is 7.70. The summed E-state index contributed by atoms with van der Waals surface area (Å²) in [7, 11) is 0. The second kappa shape index (κ2) is 10.3. The maximum absolute atomic E-state index is 9.18. The van der Waals surface area contributed by atoms with Crippen LogP contribution in [0.2, 0.25) is 0 Å². The third kappa shape index (κ3) is 5.73. The minimum absolute atomic E-state index is 0.177. The lowest BCUT2D eigenvalue weighted by atomic mass is 10.1. The predicted molar refractivity (Wildman–Crippen MR) is 124 cm³/mol. The van der Waals surface area contributed by atoms with Crippen LogP contribution in [0.5, 0.6) is 0 Å². The lowest BCUT2D eigenvalue weighted by Gasteiger charge is -2.39. The molecule has 156 valence electrons. The number of likely N-dealkylation sites (tertiary alicyclic amines) is 1. The maximum atomic E-state index is 9.18. The Balaban J connectivity index is 1.57. The first-order valence-electron chi connectivity index (χ1n) is 10.7. The Hall–Kier alpha value is -2.53. The summed E-state index contributed by atoms with van der Waals surface area (Å²) in [6, 6.07) is 8.59. The van der Waals surface area contributed by atoms with Crippen molar-refractivity contribution >= 4 is 17.5 Å². The van der Waals surface area contributed by atoms with Crippen LogP contribution in [0.1, 0.15) is 32.3 Å². The van der Waals surface area contributed by atoms with Crippen LogP contribution < -0.4 is 4.90 Å². The fraction of sp³-hybridized carbons (Fsp3) is 0.458. The molecule has 3 rings (SSSR count). The Bertz CT molecular complexity index is 765. The fourth-order valence-corrected chi connectivity index (χ4v) is 4.12. The molecule has 2 saturated heterocycles. The molecule has 0 aliphatic carbocycles. The molecular weight excluding hydrogens is 360 g/mol. The van der Waals surface area contributed by atoms with Crippen molar-refractivity contribution in [2.24, 2.45) is 4.99 Å². The quantitative estimate of drug-likeness (QED) is 0.553. The van der Waals surface area contributed by atoms with E-state index < -0.39 is 0 Å². The van der Waals surface area contributed by atoms with E-state index in [1.165, 1.54) is 37.3 Å². The molecule has 0 atom stereocenters. The molecule has 0 radical (unpaired) electrons. The van der Waals surface area contributed by atoms with E-state index in [0.29, 0.717) is 0 Å². The van der Waals surface area contributed by atoms with Gasteiger partial charge >= 0.3 is 0 Å². The second-order valence-corrected chi connectivity index (χ2v) is 7.70. The summed E-state index contributed by atoms with van der Waals surface area (Å²) in [6.45, 7) is 15.3. The molecule has 2 aliphatic rings. The zero-order valence-electron chi connectivity index (χ0n) is 17.8. The van der Waals surface area contributed by atoms with Crippen LogP contribution in [-0.4, -0.2) is 66.9 Å². The van der Waals surface area contributed by atoms with E-state index in [1.54, 1.807) is 6.21 Å². The van der Waals surface area contributed by atoms with Crippen LogP contribution in [0.4, 0.5) is 5.69 Å². The smallest absolute Gasteiger partial charge is 0.203 e. The first-order valence-corrected chi connectivity index (χ1v) is 10.7. The van der Waals surface area contributed by atoms with Crippen LogP contribution in [0.3, 0.4) is 0 Å². The summed E-state index contributed by atoms with van der Waals surface area (Å²) in [4.78, 5) is 11.5. The van der Waals surface area contributed by atoms with Crippen LogP contribution in [0.15, 0.2) is 59.6 Å². The largest absolute Gasteiger partial charge is 0.494 e. The molecule has 2 heterocycles. The number of piperazine rings is 1. The Morgan fingerprint density at radius 1 is 1.00 bits per heavy atom. The van der Waals surface area contributed by atoms with E-state index in [0.717, 1.165) is 43.9 Å². The van der Waals surface area contributed by atoms with Crippen molar-refractivity contribution in [3.8, 4) is 0 Å². The summed E-state index contributed by atoms with van der Waals surface area (Å²) in [6.07, 6.45) is 8.62. The molecule has 1 N–H and O–H groups in total. The highest BCUT2D eigenvalue weighted by Gasteiger charge is 2.21. The Kier molecular flexibility index (Phi) is 7.53. The number of hydrogen-bond donors (Lipinski definition) is 1. The Labute approximate surface area is 175 Å². The van der Waals surface area contributed by atoms with Crippen molar-refractivity contribution in [3.05, 3.63) is 60.1 Å². The molecule has 0 unspecified atom stereocenters. The van der Waals surface area contributed by atoms with E-state index in [4.69, 9.17) is 0 Å². The van der Waals surface area contributed by atoms with Gasteiger partial charge in [-0.15, -0.1) is 0 Å². The molecule has 2 aliphatic heterocycles. The normalized spacial score (nSPS) is 19.4. The van der Waals surface area contributed by atoms with Gasteiger partial charge in [0.05, 0.1) is 0 Å². The van der Waals surface area contributed by atoms with Crippen molar-refractivity contribution in [1.29, 1.82) is 0 Å². The Morgan fingerprint density at radius 3 is 2.21 bits per heavy atom. The van der Waals surface area contributed by atoms with Crippen LogP contribution >= 0.6 is 0 Å². The van der Waals surface area contributed by atoms with E-state index in [-0.39, 0.29) is 5.88 Å². The van der Waals surface area contributed by atoms with Gasteiger partial charge in [-0.25, -0.2) is 4.99 Å². The maximum Gasteiger partial charge on any atom is 0.203 e.